The highest BCUT2D eigenvalue weighted by molar-refractivity contribution is 5.87. The third kappa shape index (κ3) is 2.55. The van der Waals surface area contributed by atoms with Crippen LogP contribution < -0.4 is 11.5 Å². The maximum Gasteiger partial charge on any atom is 0.139 e. The van der Waals surface area contributed by atoms with Crippen LogP contribution in [0, 0.1) is 5.82 Å². The number of benzene rings is 2. The summed E-state index contributed by atoms with van der Waals surface area (Å²) in [6, 6.07) is 14.0. The number of anilines is 1. The summed E-state index contributed by atoms with van der Waals surface area (Å²) in [6.07, 6.45) is -0.404. The molecule has 1 heterocycles. The second-order valence-electron chi connectivity index (χ2n) is 5.65. The van der Waals surface area contributed by atoms with E-state index < -0.39 is 11.6 Å². The summed E-state index contributed by atoms with van der Waals surface area (Å²) in [5.41, 5.74) is 12.8. The normalized spacial score (nSPS) is 24.8. The second kappa shape index (κ2) is 5.42. The summed E-state index contributed by atoms with van der Waals surface area (Å²) >= 11 is 0. The van der Waals surface area contributed by atoms with Crippen molar-refractivity contribution in [2.75, 3.05) is 12.3 Å². The number of halogens is 1. The number of nitrogen functional groups attached to an aromatic ring is 1. The number of nitrogens with zero attached hydrogens (tertiary/aromatic N) is 1. The van der Waals surface area contributed by atoms with Crippen LogP contribution in [0.15, 0.2) is 53.5 Å². The number of nitrogens with two attached hydrogens (primary N) is 2. The van der Waals surface area contributed by atoms with Crippen molar-refractivity contribution in [3.8, 4) is 0 Å². The van der Waals surface area contributed by atoms with Crippen molar-refractivity contribution >= 4 is 11.5 Å². The molecule has 4 nitrogen and oxygen atoms in total. The van der Waals surface area contributed by atoms with Crippen molar-refractivity contribution in [2.45, 2.75) is 18.6 Å². The van der Waals surface area contributed by atoms with Gasteiger partial charge in [0, 0.05) is 11.3 Å². The van der Waals surface area contributed by atoms with E-state index in [0.29, 0.717) is 17.1 Å². The second-order valence-corrected chi connectivity index (χ2v) is 5.65. The van der Waals surface area contributed by atoms with Gasteiger partial charge in [0.1, 0.15) is 23.3 Å². The van der Waals surface area contributed by atoms with E-state index in [-0.39, 0.29) is 12.4 Å². The van der Waals surface area contributed by atoms with E-state index in [2.05, 4.69) is 4.99 Å². The lowest BCUT2D eigenvalue weighted by atomic mass is 9.91. The highest BCUT2D eigenvalue weighted by atomic mass is 19.1. The minimum Gasteiger partial charge on any atom is -0.399 e. The van der Waals surface area contributed by atoms with Gasteiger partial charge in [-0.1, -0.05) is 30.3 Å². The Labute approximate surface area is 128 Å². The van der Waals surface area contributed by atoms with Crippen LogP contribution in [-0.2, 0) is 10.3 Å². The number of hydrogen-bond acceptors (Lipinski definition) is 4. The van der Waals surface area contributed by atoms with Crippen LogP contribution in [0.25, 0.3) is 0 Å². The van der Waals surface area contributed by atoms with Crippen LogP contribution in [0.5, 0.6) is 0 Å². The zero-order valence-corrected chi connectivity index (χ0v) is 12.3. The molecule has 5 heteroatoms. The molecule has 3 rings (SSSR count). The summed E-state index contributed by atoms with van der Waals surface area (Å²) < 4.78 is 20.0. The SMILES string of the molecule is C[C@@]1(c2cc(N)ccc2F)CO[C@@H](c2ccccc2)C(N)=N1. The maximum atomic E-state index is 14.1. The molecule has 0 saturated heterocycles. The molecular formula is C17H18FN3O. The van der Waals surface area contributed by atoms with Gasteiger partial charge in [-0.2, -0.15) is 0 Å². The van der Waals surface area contributed by atoms with Crippen LogP contribution in [0.4, 0.5) is 10.1 Å². The van der Waals surface area contributed by atoms with Gasteiger partial charge in [-0.15, -0.1) is 0 Å². The maximum absolute atomic E-state index is 14.1. The van der Waals surface area contributed by atoms with Crippen LogP contribution in [-0.4, -0.2) is 12.4 Å². The third-order valence-electron chi connectivity index (χ3n) is 3.85. The fourth-order valence-corrected chi connectivity index (χ4v) is 2.70. The smallest absolute Gasteiger partial charge is 0.139 e. The number of hydrogen-bond donors (Lipinski definition) is 2. The Balaban J connectivity index is 1.98. The minimum absolute atomic E-state index is 0.230. The molecule has 22 heavy (non-hydrogen) atoms. The van der Waals surface area contributed by atoms with Gasteiger partial charge in [0.25, 0.3) is 0 Å². The van der Waals surface area contributed by atoms with E-state index in [9.17, 15) is 4.39 Å². The molecule has 0 radical (unpaired) electrons. The average molecular weight is 299 g/mol. The first-order valence-corrected chi connectivity index (χ1v) is 7.07. The van der Waals surface area contributed by atoms with Crippen molar-refractivity contribution in [2.24, 2.45) is 10.7 Å². The van der Waals surface area contributed by atoms with Crippen LogP contribution in [0.3, 0.4) is 0 Å². The monoisotopic (exact) mass is 299 g/mol. The van der Waals surface area contributed by atoms with Gasteiger partial charge in [0.2, 0.25) is 0 Å². The fourth-order valence-electron chi connectivity index (χ4n) is 2.70. The molecule has 0 fully saturated rings. The lowest BCUT2D eigenvalue weighted by molar-refractivity contribution is 0.0436. The van der Waals surface area contributed by atoms with E-state index >= 15 is 0 Å². The largest absolute Gasteiger partial charge is 0.399 e. The fraction of sp³-hybridized carbons (Fsp3) is 0.235. The molecule has 4 N–H and O–H groups in total. The quantitative estimate of drug-likeness (QED) is 0.837. The zero-order valence-electron chi connectivity index (χ0n) is 12.3. The highest BCUT2D eigenvalue weighted by Crippen LogP contribution is 2.35. The number of amidine groups is 1. The molecule has 0 bridgehead atoms. The van der Waals surface area contributed by atoms with Gasteiger partial charge in [-0.3, -0.25) is 4.99 Å². The summed E-state index contributed by atoms with van der Waals surface area (Å²) in [5, 5.41) is 0. The van der Waals surface area contributed by atoms with Crippen molar-refractivity contribution in [3.05, 3.63) is 65.5 Å². The van der Waals surface area contributed by atoms with E-state index in [1.54, 1.807) is 13.0 Å². The summed E-state index contributed by atoms with van der Waals surface area (Å²) in [4.78, 5) is 4.52. The lowest BCUT2D eigenvalue weighted by Gasteiger charge is -2.34. The van der Waals surface area contributed by atoms with Gasteiger partial charge in [0.05, 0.1) is 6.61 Å². The van der Waals surface area contributed by atoms with Crippen LogP contribution in [0.1, 0.15) is 24.2 Å². The Hall–Kier alpha value is -2.40. The molecule has 1 aliphatic heterocycles. The predicted octanol–water partition coefficient (Wildman–Crippen LogP) is 2.75. The lowest BCUT2D eigenvalue weighted by Crippen LogP contribution is -2.40. The van der Waals surface area contributed by atoms with E-state index in [4.69, 9.17) is 16.2 Å². The molecule has 0 aliphatic carbocycles. The van der Waals surface area contributed by atoms with Gasteiger partial charge < -0.3 is 16.2 Å². The standard InChI is InChI=1S/C17H18FN3O/c1-17(13-9-12(19)7-8-14(13)18)10-22-15(16(20)21-17)11-5-3-2-4-6-11/h2-9,15H,10,19H2,1H3,(H2,20,21)/t15-,17-/m0/s1. The molecule has 1 aliphatic rings. The van der Waals surface area contributed by atoms with E-state index in [0.717, 1.165) is 5.56 Å². The molecule has 2 atom stereocenters. The van der Waals surface area contributed by atoms with Crippen LogP contribution >= 0.6 is 0 Å². The third-order valence-corrected chi connectivity index (χ3v) is 3.85. The zero-order chi connectivity index (χ0) is 15.7. The Morgan fingerprint density at radius 3 is 2.59 bits per heavy atom. The minimum atomic E-state index is -0.880. The first-order chi connectivity index (χ1) is 10.5. The Bertz CT molecular complexity index is 717. The number of aliphatic imine (C=N–C) groups is 1. The van der Waals surface area contributed by atoms with E-state index in [1.807, 2.05) is 30.3 Å². The average Bonchev–Trinajstić information content (AvgIpc) is 2.50. The summed E-state index contributed by atoms with van der Waals surface area (Å²) in [7, 11) is 0. The molecule has 2 aromatic carbocycles. The molecule has 0 spiro atoms. The topological polar surface area (TPSA) is 73.6 Å². The van der Waals surface area contributed by atoms with Crippen molar-refractivity contribution < 1.29 is 9.13 Å². The molecular weight excluding hydrogens is 281 g/mol. The molecule has 2 aromatic rings. The van der Waals surface area contributed by atoms with Crippen molar-refractivity contribution in [1.82, 2.24) is 0 Å². The van der Waals surface area contributed by atoms with Gasteiger partial charge in [-0.05, 0) is 30.7 Å². The Morgan fingerprint density at radius 2 is 1.91 bits per heavy atom. The molecule has 114 valence electrons. The van der Waals surface area contributed by atoms with Gasteiger partial charge >= 0.3 is 0 Å². The number of rotatable bonds is 2. The van der Waals surface area contributed by atoms with Crippen molar-refractivity contribution in [3.63, 3.8) is 0 Å². The van der Waals surface area contributed by atoms with E-state index in [1.165, 1.54) is 12.1 Å². The van der Waals surface area contributed by atoms with Crippen LogP contribution in [0.2, 0.25) is 0 Å². The Morgan fingerprint density at radius 1 is 1.18 bits per heavy atom. The van der Waals surface area contributed by atoms with Gasteiger partial charge in [0.15, 0.2) is 0 Å². The number of ether oxygens (including phenoxy) is 1. The highest BCUT2D eigenvalue weighted by Gasteiger charge is 2.36. The summed E-state index contributed by atoms with van der Waals surface area (Å²) in [6.45, 7) is 2.02. The molecule has 0 amide bonds. The van der Waals surface area contributed by atoms with Crippen molar-refractivity contribution in [1.29, 1.82) is 0 Å². The predicted molar refractivity (Wildman–Crippen MR) is 84.9 cm³/mol. The first-order valence-electron chi connectivity index (χ1n) is 7.07. The first kappa shape index (κ1) is 14.5. The summed E-state index contributed by atoms with van der Waals surface area (Å²) in [5.74, 6) is -0.0308. The molecule has 0 saturated carbocycles. The molecule has 0 aromatic heterocycles. The molecule has 0 unspecified atom stereocenters. The van der Waals surface area contributed by atoms with Gasteiger partial charge in [-0.25, -0.2) is 4.39 Å². The Kier molecular flexibility index (Phi) is 3.58.